The molecule has 2 rings (SSSR count). The molecule has 0 radical (unpaired) electrons. The average Bonchev–Trinajstić information content (AvgIpc) is 2.99. The number of carbonyl (C=O) groups excluding carboxylic acids is 1. The molecule has 5 nitrogen and oxygen atoms in total. The molecule has 0 saturated heterocycles. The van der Waals surface area contributed by atoms with Crippen molar-refractivity contribution in [1.29, 1.82) is 0 Å². The first-order valence-electron chi connectivity index (χ1n) is 6.92. The van der Waals surface area contributed by atoms with E-state index in [9.17, 15) is 4.79 Å². The number of nitrogens with zero attached hydrogens (tertiary/aromatic N) is 2. The maximum Gasteiger partial charge on any atom is 0.261 e. The summed E-state index contributed by atoms with van der Waals surface area (Å²) in [6, 6.07) is 1.92. The minimum atomic E-state index is -0.305. The molecule has 2 aromatic rings. The number of rotatable bonds is 5. The van der Waals surface area contributed by atoms with Gasteiger partial charge in [-0.3, -0.25) is 9.48 Å². The number of hydrogen-bond acceptors (Lipinski definition) is 4. The zero-order valence-corrected chi connectivity index (χ0v) is 13.3. The van der Waals surface area contributed by atoms with Gasteiger partial charge in [-0.1, -0.05) is 13.8 Å². The van der Waals surface area contributed by atoms with Gasteiger partial charge in [-0.05, 0) is 25.8 Å². The fourth-order valence-corrected chi connectivity index (χ4v) is 3.40. The first-order chi connectivity index (χ1) is 9.46. The largest absolute Gasteiger partial charge is 0.345 e. The molecule has 0 aromatic carbocycles. The van der Waals surface area contributed by atoms with Crippen molar-refractivity contribution in [3.63, 3.8) is 0 Å². The number of hydrogen-bond donors (Lipinski definition) is 2. The van der Waals surface area contributed by atoms with Gasteiger partial charge in [-0.15, -0.1) is 11.3 Å². The molecule has 1 amide bonds. The summed E-state index contributed by atoms with van der Waals surface area (Å²) in [5, 5.41) is 8.50. The second kappa shape index (κ2) is 5.54. The average molecular weight is 294 g/mol. The van der Waals surface area contributed by atoms with Crippen molar-refractivity contribution >= 4 is 27.5 Å². The van der Waals surface area contributed by atoms with Crippen molar-refractivity contribution in [2.75, 3.05) is 6.54 Å². The summed E-state index contributed by atoms with van der Waals surface area (Å²) in [5.74, 6) is -0.0419. The Morgan fingerprint density at radius 1 is 1.50 bits per heavy atom. The van der Waals surface area contributed by atoms with Crippen molar-refractivity contribution in [1.82, 2.24) is 15.1 Å². The van der Waals surface area contributed by atoms with Gasteiger partial charge in [0.15, 0.2) is 0 Å². The van der Waals surface area contributed by atoms with Gasteiger partial charge < -0.3 is 11.1 Å². The van der Waals surface area contributed by atoms with Crippen molar-refractivity contribution in [2.24, 2.45) is 12.8 Å². The summed E-state index contributed by atoms with van der Waals surface area (Å²) in [6.45, 7) is 6.52. The number of thiophene rings is 1. The Labute approximate surface area is 123 Å². The van der Waals surface area contributed by atoms with Gasteiger partial charge in [0.05, 0.1) is 16.1 Å². The fourth-order valence-electron chi connectivity index (χ4n) is 2.39. The molecule has 0 atom stereocenters. The van der Waals surface area contributed by atoms with E-state index in [1.807, 2.05) is 24.7 Å². The number of aryl methyl sites for hydroxylation is 2. The Balaban J connectivity index is 2.29. The highest BCUT2D eigenvalue weighted by Gasteiger charge is 2.27. The molecular formula is C14H22N4OS. The third-order valence-electron chi connectivity index (χ3n) is 4.04. The minimum absolute atomic E-state index is 0.0419. The first-order valence-corrected chi connectivity index (χ1v) is 7.73. The molecule has 0 aliphatic rings. The van der Waals surface area contributed by atoms with Crippen LogP contribution in [0.25, 0.3) is 10.2 Å². The molecule has 0 fully saturated rings. The molecule has 0 aliphatic carbocycles. The first kappa shape index (κ1) is 15.0. The van der Waals surface area contributed by atoms with Gasteiger partial charge in [0.1, 0.15) is 4.83 Å². The number of carbonyl (C=O) groups is 1. The quantitative estimate of drug-likeness (QED) is 0.888. The molecule has 0 unspecified atom stereocenters. The lowest BCUT2D eigenvalue weighted by molar-refractivity contribution is 0.0899. The Bertz CT molecular complexity index is 582. The Morgan fingerprint density at radius 3 is 2.65 bits per heavy atom. The van der Waals surface area contributed by atoms with Crippen LogP contribution in [-0.4, -0.2) is 27.8 Å². The molecule has 110 valence electrons. The smallest absolute Gasteiger partial charge is 0.261 e. The van der Waals surface area contributed by atoms with Crippen LogP contribution in [0.5, 0.6) is 0 Å². The van der Waals surface area contributed by atoms with Gasteiger partial charge in [0, 0.05) is 19.0 Å². The number of aromatic nitrogens is 2. The molecule has 2 aromatic heterocycles. The number of fused-ring (bicyclic) bond motifs is 1. The van der Waals surface area contributed by atoms with Gasteiger partial charge in [-0.25, -0.2) is 0 Å². The lowest BCUT2D eigenvalue weighted by atomic mass is 9.93. The van der Waals surface area contributed by atoms with E-state index in [1.54, 1.807) is 0 Å². The summed E-state index contributed by atoms with van der Waals surface area (Å²) in [7, 11) is 1.90. The molecule has 0 bridgehead atoms. The molecular weight excluding hydrogens is 272 g/mol. The highest BCUT2D eigenvalue weighted by molar-refractivity contribution is 7.20. The van der Waals surface area contributed by atoms with Gasteiger partial charge in [0.25, 0.3) is 5.91 Å². The topological polar surface area (TPSA) is 72.9 Å². The minimum Gasteiger partial charge on any atom is -0.345 e. The maximum atomic E-state index is 12.4. The number of nitrogens with two attached hydrogens (primary N) is 1. The van der Waals surface area contributed by atoms with Crippen LogP contribution in [0, 0.1) is 6.92 Å². The van der Waals surface area contributed by atoms with Crippen LogP contribution in [-0.2, 0) is 7.05 Å². The van der Waals surface area contributed by atoms with E-state index in [1.165, 1.54) is 11.3 Å². The Morgan fingerprint density at radius 2 is 2.15 bits per heavy atom. The lowest BCUT2D eigenvalue weighted by Gasteiger charge is -2.31. The second-order valence-electron chi connectivity index (χ2n) is 5.18. The lowest BCUT2D eigenvalue weighted by Crippen LogP contribution is -2.52. The predicted octanol–water partition coefficient (Wildman–Crippen LogP) is 2.19. The summed E-state index contributed by atoms with van der Waals surface area (Å²) >= 11 is 1.47. The summed E-state index contributed by atoms with van der Waals surface area (Å²) < 4.78 is 1.82. The predicted molar refractivity (Wildman–Crippen MR) is 83.2 cm³/mol. The van der Waals surface area contributed by atoms with E-state index < -0.39 is 0 Å². The van der Waals surface area contributed by atoms with Crippen molar-refractivity contribution < 1.29 is 4.79 Å². The van der Waals surface area contributed by atoms with E-state index >= 15 is 0 Å². The van der Waals surface area contributed by atoms with Crippen LogP contribution < -0.4 is 11.1 Å². The standard InChI is InChI=1S/C14H22N4OS/c1-5-14(6-2,8-15)16-12(19)11-7-10-9(3)17-18(4)13(10)20-11/h7H,5-6,8,15H2,1-4H3,(H,16,19). The molecule has 3 N–H and O–H groups in total. The van der Waals surface area contributed by atoms with E-state index in [0.717, 1.165) is 33.6 Å². The van der Waals surface area contributed by atoms with Crippen LogP contribution in [0.2, 0.25) is 0 Å². The van der Waals surface area contributed by atoms with Crippen LogP contribution in [0.3, 0.4) is 0 Å². The van der Waals surface area contributed by atoms with Crippen molar-refractivity contribution in [2.45, 2.75) is 39.2 Å². The third-order valence-corrected chi connectivity index (χ3v) is 5.24. The normalized spacial score (nSPS) is 12.1. The van der Waals surface area contributed by atoms with Crippen LogP contribution in [0.15, 0.2) is 6.07 Å². The van der Waals surface area contributed by atoms with E-state index in [4.69, 9.17) is 5.73 Å². The van der Waals surface area contributed by atoms with Gasteiger partial charge in [0.2, 0.25) is 0 Å². The molecule has 0 aliphatic heterocycles. The number of nitrogens with one attached hydrogen (secondary N) is 1. The Kier molecular flexibility index (Phi) is 4.15. The molecule has 2 heterocycles. The summed E-state index contributed by atoms with van der Waals surface area (Å²) in [6.07, 6.45) is 1.66. The van der Waals surface area contributed by atoms with Crippen molar-refractivity contribution in [3.05, 3.63) is 16.6 Å². The maximum absolute atomic E-state index is 12.4. The van der Waals surface area contributed by atoms with E-state index in [0.29, 0.717) is 6.54 Å². The highest BCUT2D eigenvalue weighted by atomic mass is 32.1. The molecule has 20 heavy (non-hydrogen) atoms. The van der Waals surface area contributed by atoms with Gasteiger partial charge in [-0.2, -0.15) is 5.10 Å². The highest BCUT2D eigenvalue weighted by Crippen LogP contribution is 2.28. The third kappa shape index (κ3) is 2.45. The van der Waals surface area contributed by atoms with Crippen LogP contribution in [0.1, 0.15) is 42.1 Å². The molecule has 0 spiro atoms. The second-order valence-corrected chi connectivity index (χ2v) is 6.21. The van der Waals surface area contributed by atoms with E-state index in [2.05, 4.69) is 24.3 Å². The molecule has 0 saturated carbocycles. The summed E-state index contributed by atoms with van der Waals surface area (Å²) in [4.78, 5) is 14.2. The SMILES string of the molecule is CCC(CC)(CN)NC(=O)c1cc2c(C)nn(C)c2s1. The Hall–Kier alpha value is -1.40. The fraction of sp³-hybridized carbons (Fsp3) is 0.571. The van der Waals surface area contributed by atoms with Crippen LogP contribution in [0.4, 0.5) is 0 Å². The zero-order valence-electron chi connectivity index (χ0n) is 12.5. The number of amides is 1. The molecule has 6 heteroatoms. The summed E-state index contributed by atoms with van der Waals surface area (Å²) in [5.41, 5.74) is 6.48. The van der Waals surface area contributed by atoms with Gasteiger partial charge >= 0.3 is 0 Å². The van der Waals surface area contributed by atoms with Crippen LogP contribution >= 0.6 is 11.3 Å². The van der Waals surface area contributed by atoms with Crippen molar-refractivity contribution in [3.8, 4) is 0 Å². The monoisotopic (exact) mass is 294 g/mol. The zero-order chi connectivity index (χ0) is 14.9. The van der Waals surface area contributed by atoms with E-state index in [-0.39, 0.29) is 11.4 Å².